The van der Waals surface area contributed by atoms with Crippen LogP contribution in [0.1, 0.15) is 50.3 Å². The van der Waals surface area contributed by atoms with Gasteiger partial charge in [0, 0.05) is 20.4 Å². The number of aromatic nitrogens is 2. The first-order chi connectivity index (χ1) is 8.19. The van der Waals surface area contributed by atoms with Gasteiger partial charge in [0.2, 0.25) is 0 Å². The zero-order valence-corrected chi connectivity index (χ0v) is 10.7. The van der Waals surface area contributed by atoms with Crippen LogP contribution in [0.25, 0.3) is 0 Å². The minimum Gasteiger partial charge on any atom is -0.384 e. The van der Waals surface area contributed by atoms with Crippen LogP contribution in [0.2, 0.25) is 0 Å². The topological polar surface area (TPSA) is 47.3 Å². The van der Waals surface area contributed by atoms with Crippen molar-refractivity contribution in [1.82, 2.24) is 9.78 Å². The Morgan fingerprint density at radius 2 is 2.00 bits per heavy atom. The van der Waals surface area contributed by atoms with Gasteiger partial charge in [-0.3, -0.25) is 4.68 Å². The summed E-state index contributed by atoms with van der Waals surface area (Å²) in [5.74, 6) is 0. The van der Waals surface area contributed by atoms with Gasteiger partial charge in [-0.05, 0) is 18.9 Å². The van der Waals surface area contributed by atoms with Gasteiger partial charge in [0.05, 0.1) is 11.3 Å². The fraction of sp³-hybridized carbons (Fsp3) is 0.769. The molecular formula is C13H22N2O2. The first-order valence-electron chi connectivity index (χ1n) is 6.41. The molecule has 0 aromatic carbocycles. The Balaban J connectivity index is 2.24. The molecule has 4 heteroatoms. The quantitative estimate of drug-likeness (QED) is 0.821. The summed E-state index contributed by atoms with van der Waals surface area (Å²) >= 11 is 0. The minimum absolute atomic E-state index is 0.426. The SMILES string of the molecule is COC1(C(O)c2ccnn2C)CCCCCC1. The Morgan fingerprint density at radius 3 is 2.47 bits per heavy atom. The minimum atomic E-state index is -0.585. The molecule has 0 bridgehead atoms. The van der Waals surface area contributed by atoms with Crippen LogP contribution in [0.15, 0.2) is 12.3 Å². The van der Waals surface area contributed by atoms with Gasteiger partial charge < -0.3 is 9.84 Å². The summed E-state index contributed by atoms with van der Waals surface area (Å²) in [6.45, 7) is 0. The second kappa shape index (κ2) is 5.19. The first-order valence-corrected chi connectivity index (χ1v) is 6.41. The van der Waals surface area contributed by atoms with Gasteiger partial charge in [-0.1, -0.05) is 25.7 Å². The number of ether oxygens (including phenoxy) is 1. The third-order valence-corrected chi connectivity index (χ3v) is 3.99. The number of aliphatic hydroxyl groups excluding tert-OH is 1. The Bertz CT molecular complexity index is 354. The van der Waals surface area contributed by atoms with Crippen LogP contribution in [0, 0.1) is 0 Å². The second-order valence-corrected chi connectivity index (χ2v) is 4.97. The van der Waals surface area contributed by atoms with Gasteiger partial charge in [0.1, 0.15) is 6.10 Å². The van der Waals surface area contributed by atoms with Crippen LogP contribution in [0.5, 0.6) is 0 Å². The molecule has 1 saturated carbocycles. The van der Waals surface area contributed by atoms with E-state index in [-0.39, 0.29) is 0 Å². The largest absolute Gasteiger partial charge is 0.384 e. The molecule has 0 saturated heterocycles. The van der Waals surface area contributed by atoms with Crippen molar-refractivity contribution in [3.05, 3.63) is 18.0 Å². The van der Waals surface area contributed by atoms with E-state index in [2.05, 4.69) is 5.10 Å². The molecule has 1 aliphatic carbocycles. The van der Waals surface area contributed by atoms with Crippen molar-refractivity contribution in [1.29, 1.82) is 0 Å². The van der Waals surface area contributed by atoms with Crippen molar-refractivity contribution in [3.63, 3.8) is 0 Å². The average molecular weight is 238 g/mol. The van der Waals surface area contributed by atoms with Gasteiger partial charge in [0.25, 0.3) is 0 Å². The van der Waals surface area contributed by atoms with Crippen LogP contribution in [0.4, 0.5) is 0 Å². The highest BCUT2D eigenvalue weighted by Crippen LogP contribution is 2.39. The number of rotatable bonds is 3. The number of aliphatic hydroxyl groups is 1. The second-order valence-electron chi connectivity index (χ2n) is 4.97. The summed E-state index contributed by atoms with van der Waals surface area (Å²) in [5, 5.41) is 14.7. The molecule has 1 N–H and O–H groups in total. The van der Waals surface area contributed by atoms with E-state index in [0.717, 1.165) is 31.4 Å². The van der Waals surface area contributed by atoms with E-state index in [4.69, 9.17) is 4.74 Å². The summed E-state index contributed by atoms with van der Waals surface area (Å²) in [7, 11) is 3.57. The van der Waals surface area contributed by atoms with E-state index >= 15 is 0 Å². The lowest BCUT2D eigenvalue weighted by molar-refractivity contribution is -0.116. The van der Waals surface area contributed by atoms with Gasteiger partial charge in [0.15, 0.2) is 0 Å². The highest BCUT2D eigenvalue weighted by atomic mass is 16.5. The number of hydrogen-bond acceptors (Lipinski definition) is 3. The molecular weight excluding hydrogens is 216 g/mol. The van der Waals surface area contributed by atoms with E-state index in [1.807, 2.05) is 13.1 Å². The zero-order valence-electron chi connectivity index (χ0n) is 10.7. The number of hydrogen-bond donors (Lipinski definition) is 1. The maximum Gasteiger partial charge on any atom is 0.124 e. The molecule has 1 heterocycles. The standard InChI is InChI=1S/C13H22N2O2/c1-15-11(7-10-14-15)12(16)13(17-2)8-5-3-4-6-9-13/h7,10,12,16H,3-6,8-9H2,1-2H3. The van der Waals surface area contributed by atoms with Crippen molar-refractivity contribution in [3.8, 4) is 0 Å². The molecule has 1 unspecified atom stereocenters. The Labute approximate surface area is 103 Å². The molecule has 1 aromatic rings. The Morgan fingerprint density at radius 1 is 1.35 bits per heavy atom. The van der Waals surface area contributed by atoms with E-state index in [0.29, 0.717) is 0 Å². The highest BCUT2D eigenvalue weighted by molar-refractivity contribution is 5.10. The van der Waals surface area contributed by atoms with E-state index in [1.165, 1.54) is 12.8 Å². The number of nitrogens with zero attached hydrogens (tertiary/aromatic N) is 2. The highest BCUT2D eigenvalue weighted by Gasteiger charge is 2.40. The Hall–Kier alpha value is -0.870. The monoisotopic (exact) mass is 238 g/mol. The molecule has 4 nitrogen and oxygen atoms in total. The molecule has 0 spiro atoms. The van der Waals surface area contributed by atoms with Gasteiger partial charge in [-0.25, -0.2) is 0 Å². The maximum absolute atomic E-state index is 10.6. The molecule has 1 aromatic heterocycles. The van der Waals surface area contributed by atoms with Gasteiger partial charge in [-0.15, -0.1) is 0 Å². The molecule has 1 atom stereocenters. The van der Waals surface area contributed by atoms with Crippen LogP contribution in [-0.2, 0) is 11.8 Å². The maximum atomic E-state index is 10.6. The summed E-state index contributed by atoms with van der Waals surface area (Å²) < 4.78 is 7.44. The predicted octanol–water partition coefficient (Wildman–Crippen LogP) is 2.19. The summed E-state index contributed by atoms with van der Waals surface area (Å²) in [6.07, 6.45) is 7.72. The van der Waals surface area contributed by atoms with Crippen molar-refractivity contribution < 1.29 is 9.84 Å². The van der Waals surface area contributed by atoms with Crippen LogP contribution < -0.4 is 0 Å². The lowest BCUT2D eigenvalue weighted by Crippen LogP contribution is -2.39. The van der Waals surface area contributed by atoms with E-state index < -0.39 is 11.7 Å². The molecule has 96 valence electrons. The third kappa shape index (κ3) is 2.38. The molecule has 0 aliphatic heterocycles. The number of aryl methyl sites for hydroxylation is 1. The molecule has 1 aliphatic rings. The molecule has 2 rings (SSSR count). The fourth-order valence-corrected chi connectivity index (χ4v) is 2.84. The molecule has 17 heavy (non-hydrogen) atoms. The van der Waals surface area contributed by atoms with Gasteiger partial charge >= 0.3 is 0 Å². The average Bonchev–Trinajstić information content (AvgIpc) is 2.64. The lowest BCUT2D eigenvalue weighted by atomic mass is 9.86. The third-order valence-electron chi connectivity index (χ3n) is 3.99. The zero-order chi connectivity index (χ0) is 12.3. The Kier molecular flexibility index (Phi) is 3.84. The van der Waals surface area contributed by atoms with Crippen LogP contribution in [-0.4, -0.2) is 27.6 Å². The summed E-state index contributed by atoms with van der Waals surface area (Å²) in [6, 6.07) is 1.87. The van der Waals surface area contributed by atoms with Crippen molar-refractivity contribution >= 4 is 0 Å². The molecule has 0 amide bonds. The van der Waals surface area contributed by atoms with E-state index in [9.17, 15) is 5.11 Å². The predicted molar refractivity (Wildman–Crippen MR) is 65.6 cm³/mol. The molecule has 1 fully saturated rings. The number of methoxy groups -OCH3 is 1. The van der Waals surface area contributed by atoms with Crippen molar-refractivity contribution in [2.45, 2.75) is 50.2 Å². The fourth-order valence-electron chi connectivity index (χ4n) is 2.84. The normalized spacial score (nSPS) is 22.1. The van der Waals surface area contributed by atoms with Crippen molar-refractivity contribution in [2.24, 2.45) is 7.05 Å². The van der Waals surface area contributed by atoms with Crippen LogP contribution in [0.3, 0.4) is 0 Å². The summed E-state index contributed by atoms with van der Waals surface area (Å²) in [4.78, 5) is 0. The molecule has 0 radical (unpaired) electrons. The van der Waals surface area contributed by atoms with Crippen LogP contribution >= 0.6 is 0 Å². The lowest BCUT2D eigenvalue weighted by Gasteiger charge is -2.36. The summed E-state index contributed by atoms with van der Waals surface area (Å²) in [5.41, 5.74) is 0.415. The van der Waals surface area contributed by atoms with Crippen molar-refractivity contribution in [2.75, 3.05) is 7.11 Å². The van der Waals surface area contributed by atoms with E-state index in [1.54, 1.807) is 18.0 Å². The smallest absolute Gasteiger partial charge is 0.124 e. The van der Waals surface area contributed by atoms with Gasteiger partial charge in [-0.2, -0.15) is 5.10 Å². The first kappa shape index (κ1) is 12.6.